The number of carbonyl (C=O) groups is 1. The van der Waals surface area contributed by atoms with Gasteiger partial charge in [0.2, 0.25) is 0 Å². The van der Waals surface area contributed by atoms with Crippen molar-refractivity contribution in [2.24, 2.45) is 0 Å². The first kappa shape index (κ1) is 19.3. The van der Waals surface area contributed by atoms with E-state index in [1.165, 1.54) is 5.56 Å². The predicted molar refractivity (Wildman–Crippen MR) is 110 cm³/mol. The molecule has 1 saturated heterocycles. The van der Waals surface area contributed by atoms with Crippen molar-refractivity contribution in [3.05, 3.63) is 77.6 Å². The Bertz CT molecular complexity index is 910. The zero-order valence-electron chi connectivity index (χ0n) is 16.7. The van der Waals surface area contributed by atoms with Crippen molar-refractivity contribution in [3.63, 3.8) is 0 Å². The second kappa shape index (κ2) is 8.96. The van der Waals surface area contributed by atoms with Crippen molar-refractivity contribution in [1.82, 2.24) is 30.0 Å². The van der Waals surface area contributed by atoms with Crippen LogP contribution in [0, 0.1) is 0 Å². The number of piperidine rings is 1. The van der Waals surface area contributed by atoms with E-state index in [9.17, 15) is 4.79 Å². The predicted octanol–water partition coefficient (Wildman–Crippen LogP) is 2.46. The number of likely N-dealkylation sites (tertiary alicyclic amines) is 1. The molecule has 0 radical (unpaired) electrons. The topological polar surface area (TPSA) is 67.2 Å². The molecule has 0 unspecified atom stereocenters. The van der Waals surface area contributed by atoms with Gasteiger partial charge >= 0.3 is 0 Å². The van der Waals surface area contributed by atoms with Crippen LogP contribution in [-0.2, 0) is 13.1 Å². The lowest BCUT2D eigenvalue weighted by Crippen LogP contribution is -2.48. The SMILES string of the molecule is CN(Cc1ccccc1)[C@@H]1CCCN(C(=O)c2ccc(Cn3cnnn3)cc2)C1. The van der Waals surface area contributed by atoms with Crippen LogP contribution in [-0.4, -0.2) is 62.1 Å². The zero-order valence-corrected chi connectivity index (χ0v) is 16.7. The number of nitrogens with zero attached hydrogens (tertiary/aromatic N) is 6. The van der Waals surface area contributed by atoms with E-state index in [0.29, 0.717) is 12.6 Å². The summed E-state index contributed by atoms with van der Waals surface area (Å²) >= 11 is 0. The van der Waals surface area contributed by atoms with Crippen LogP contribution in [0.1, 0.15) is 34.3 Å². The molecule has 1 fully saturated rings. The molecule has 0 N–H and O–H groups in total. The minimum atomic E-state index is 0.108. The van der Waals surface area contributed by atoms with E-state index in [4.69, 9.17) is 0 Å². The van der Waals surface area contributed by atoms with Gasteiger partial charge < -0.3 is 4.90 Å². The third kappa shape index (κ3) is 4.86. The van der Waals surface area contributed by atoms with E-state index in [2.05, 4.69) is 51.7 Å². The molecule has 7 nitrogen and oxygen atoms in total. The number of carbonyl (C=O) groups excluding carboxylic acids is 1. The summed E-state index contributed by atoms with van der Waals surface area (Å²) in [6.07, 6.45) is 3.74. The normalized spacial score (nSPS) is 16.9. The number of hydrogen-bond acceptors (Lipinski definition) is 5. The number of tetrazole rings is 1. The van der Waals surface area contributed by atoms with Crippen molar-refractivity contribution in [2.75, 3.05) is 20.1 Å². The second-order valence-corrected chi connectivity index (χ2v) is 7.65. The minimum absolute atomic E-state index is 0.108. The fourth-order valence-electron chi connectivity index (χ4n) is 3.87. The van der Waals surface area contributed by atoms with Gasteiger partial charge in [0.15, 0.2) is 0 Å². The Morgan fingerprint density at radius 2 is 1.90 bits per heavy atom. The minimum Gasteiger partial charge on any atom is -0.337 e. The van der Waals surface area contributed by atoms with E-state index < -0.39 is 0 Å². The maximum atomic E-state index is 13.0. The molecule has 2 aromatic carbocycles. The lowest BCUT2D eigenvalue weighted by atomic mass is 10.0. The first-order valence-electron chi connectivity index (χ1n) is 10.0. The quantitative estimate of drug-likeness (QED) is 0.647. The van der Waals surface area contributed by atoms with Gasteiger partial charge in [-0.3, -0.25) is 9.69 Å². The van der Waals surface area contributed by atoms with Crippen molar-refractivity contribution >= 4 is 5.91 Å². The monoisotopic (exact) mass is 390 g/mol. The summed E-state index contributed by atoms with van der Waals surface area (Å²) in [6, 6.07) is 18.6. The molecular formula is C22H26N6O. The van der Waals surface area contributed by atoms with Gasteiger partial charge in [-0.25, -0.2) is 4.68 Å². The molecule has 2 heterocycles. The van der Waals surface area contributed by atoms with Crippen molar-refractivity contribution in [1.29, 1.82) is 0 Å². The van der Waals surface area contributed by atoms with Crippen LogP contribution < -0.4 is 0 Å². The lowest BCUT2D eigenvalue weighted by Gasteiger charge is -2.37. The Kier molecular flexibility index (Phi) is 5.95. The third-order valence-corrected chi connectivity index (χ3v) is 5.52. The average Bonchev–Trinajstić information content (AvgIpc) is 3.28. The number of benzene rings is 2. The number of amides is 1. The van der Waals surface area contributed by atoms with Crippen LogP contribution in [0.2, 0.25) is 0 Å². The molecule has 3 aromatic rings. The molecule has 1 aliphatic heterocycles. The molecular weight excluding hydrogens is 364 g/mol. The van der Waals surface area contributed by atoms with Gasteiger partial charge in [0, 0.05) is 31.2 Å². The van der Waals surface area contributed by atoms with Gasteiger partial charge in [-0.15, -0.1) is 5.10 Å². The standard InChI is InChI=1S/C22H26N6O/c1-26(14-18-6-3-2-4-7-18)21-8-5-13-27(16-21)22(29)20-11-9-19(10-12-20)15-28-17-23-24-25-28/h2-4,6-7,9-12,17,21H,5,8,13-16H2,1H3/t21-/m1/s1. The van der Waals surface area contributed by atoms with Crippen LogP contribution in [0.15, 0.2) is 60.9 Å². The summed E-state index contributed by atoms with van der Waals surface area (Å²) < 4.78 is 1.66. The Morgan fingerprint density at radius 3 is 2.62 bits per heavy atom. The molecule has 0 saturated carbocycles. The molecule has 1 amide bonds. The Morgan fingerprint density at radius 1 is 1.10 bits per heavy atom. The highest BCUT2D eigenvalue weighted by Gasteiger charge is 2.26. The lowest BCUT2D eigenvalue weighted by molar-refractivity contribution is 0.0602. The zero-order chi connectivity index (χ0) is 20.1. The number of aromatic nitrogens is 4. The summed E-state index contributed by atoms with van der Waals surface area (Å²) in [7, 11) is 2.15. The maximum absolute atomic E-state index is 13.0. The molecule has 4 rings (SSSR count). The van der Waals surface area contributed by atoms with Crippen LogP contribution in [0.3, 0.4) is 0 Å². The summed E-state index contributed by atoms with van der Waals surface area (Å²) in [6.45, 7) is 3.09. The van der Waals surface area contributed by atoms with Gasteiger partial charge in [0.05, 0.1) is 6.54 Å². The van der Waals surface area contributed by atoms with Crippen LogP contribution in [0.25, 0.3) is 0 Å². The van der Waals surface area contributed by atoms with Crippen LogP contribution in [0.5, 0.6) is 0 Å². The van der Waals surface area contributed by atoms with E-state index in [0.717, 1.165) is 43.6 Å². The van der Waals surface area contributed by atoms with Crippen molar-refractivity contribution < 1.29 is 4.79 Å². The van der Waals surface area contributed by atoms with Crippen LogP contribution in [0.4, 0.5) is 0 Å². The van der Waals surface area contributed by atoms with Gasteiger partial charge in [0.25, 0.3) is 5.91 Å². The smallest absolute Gasteiger partial charge is 0.253 e. The number of hydrogen-bond donors (Lipinski definition) is 0. The Labute approximate surface area is 170 Å². The summed E-state index contributed by atoms with van der Waals surface area (Å²) in [5, 5.41) is 11.2. The highest BCUT2D eigenvalue weighted by Crippen LogP contribution is 2.19. The molecule has 0 aliphatic carbocycles. The van der Waals surface area contributed by atoms with Gasteiger partial charge in [0.1, 0.15) is 6.33 Å². The van der Waals surface area contributed by atoms with Crippen molar-refractivity contribution in [3.8, 4) is 0 Å². The van der Waals surface area contributed by atoms with Gasteiger partial charge in [-0.1, -0.05) is 42.5 Å². The van der Waals surface area contributed by atoms with E-state index in [1.54, 1.807) is 11.0 Å². The number of rotatable bonds is 6. The van der Waals surface area contributed by atoms with Gasteiger partial charge in [-0.05, 0) is 53.6 Å². The first-order chi connectivity index (χ1) is 14.2. The summed E-state index contributed by atoms with van der Waals surface area (Å²) in [5.74, 6) is 0.108. The van der Waals surface area contributed by atoms with E-state index >= 15 is 0 Å². The third-order valence-electron chi connectivity index (χ3n) is 5.52. The molecule has 0 spiro atoms. The molecule has 0 bridgehead atoms. The second-order valence-electron chi connectivity index (χ2n) is 7.65. The molecule has 150 valence electrons. The maximum Gasteiger partial charge on any atom is 0.253 e. The van der Waals surface area contributed by atoms with Crippen LogP contribution >= 0.6 is 0 Å². The molecule has 1 aromatic heterocycles. The average molecular weight is 390 g/mol. The Balaban J connectivity index is 1.36. The molecule has 7 heteroatoms. The first-order valence-corrected chi connectivity index (χ1v) is 10.0. The van der Waals surface area contributed by atoms with E-state index in [1.807, 2.05) is 35.2 Å². The summed E-state index contributed by atoms with van der Waals surface area (Å²) in [4.78, 5) is 17.4. The highest BCUT2D eigenvalue weighted by molar-refractivity contribution is 5.94. The Hall–Kier alpha value is -3.06. The highest BCUT2D eigenvalue weighted by atomic mass is 16.2. The fourth-order valence-corrected chi connectivity index (χ4v) is 3.87. The largest absolute Gasteiger partial charge is 0.337 e. The van der Waals surface area contributed by atoms with Crippen molar-refractivity contribution in [2.45, 2.75) is 32.0 Å². The molecule has 1 aliphatic rings. The number of likely N-dealkylation sites (N-methyl/N-ethyl adjacent to an activating group) is 1. The van der Waals surface area contributed by atoms with E-state index in [-0.39, 0.29) is 5.91 Å². The fraction of sp³-hybridized carbons (Fsp3) is 0.364. The molecule has 29 heavy (non-hydrogen) atoms. The summed E-state index contributed by atoms with van der Waals surface area (Å²) in [5.41, 5.74) is 3.10. The molecule has 1 atom stereocenters. The van der Waals surface area contributed by atoms with Gasteiger partial charge in [-0.2, -0.15) is 0 Å².